The van der Waals surface area contributed by atoms with Gasteiger partial charge in [-0.1, -0.05) is 37.3 Å². The van der Waals surface area contributed by atoms with Gasteiger partial charge in [0.15, 0.2) is 0 Å². The quantitative estimate of drug-likeness (QED) is 0.796. The van der Waals surface area contributed by atoms with Crippen LogP contribution in [0.4, 0.5) is 0 Å². The molecule has 0 aromatic heterocycles. The average molecular weight is 219 g/mol. The van der Waals surface area contributed by atoms with E-state index in [2.05, 4.69) is 36.5 Å². The molecule has 1 unspecified atom stereocenters. The molecule has 0 radical (unpaired) electrons. The van der Waals surface area contributed by atoms with Crippen LogP contribution < -0.4 is 5.32 Å². The first-order valence-corrected chi connectivity index (χ1v) is 6.17. The van der Waals surface area contributed by atoms with Crippen LogP contribution in [0.1, 0.15) is 37.7 Å². The molecule has 0 saturated heterocycles. The van der Waals surface area contributed by atoms with Gasteiger partial charge in [0.1, 0.15) is 0 Å². The molecule has 88 valence electrons. The Kier molecular flexibility index (Phi) is 3.62. The fourth-order valence-electron chi connectivity index (χ4n) is 2.26. The molecule has 0 aliphatic heterocycles. The van der Waals surface area contributed by atoms with Crippen LogP contribution in [0.5, 0.6) is 0 Å². The summed E-state index contributed by atoms with van der Waals surface area (Å²) in [4.78, 5) is 0. The molecule has 0 bridgehead atoms. The van der Waals surface area contributed by atoms with E-state index in [-0.39, 0.29) is 12.1 Å². The molecular formula is C14H21NO. The maximum atomic E-state index is 9.36. The lowest BCUT2D eigenvalue weighted by molar-refractivity contribution is 0.0878. The van der Waals surface area contributed by atoms with Gasteiger partial charge in [-0.2, -0.15) is 0 Å². The van der Waals surface area contributed by atoms with Crippen molar-refractivity contribution >= 4 is 0 Å². The highest BCUT2D eigenvalue weighted by Crippen LogP contribution is 2.31. The second-order valence-electron chi connectivity index (χ2n) is 4.98. The molecule has 0 amide bonds. The monoisotopic (exact) mass is 219 g/mol. The zero-order valence-corrected chi connectivity index (χ0v) is 9.95. The third kappa shape index (κ3) is 2.45. The number of rotatable bonds is 5. The third-order valence-corrected chi connectivity index (χ3v) is 3.77. The lowest BCUT2D eigenvalue weighted by atomic mass is 9.77. The molecule has 2 N–H and O–H groups in total. The van der Waals surface area contributed by atoms with E-state index in [1.807, 2.05) is 6.07 Å². The Morgan fingerprint density at radius 3 is 2.50 bits per heavy atom. The summed E-state index contributed by atoms with van der Waals surface area (Å²) in [5, 5.41) is 12.9. The summed E-state index contributed by atoms with van der Waals surface area (Å²) in [7, 11) is 0. The van der Waals surface area contributed by atoms with E-state index in [4.69, 9.17) is 0 Å². The van der Waals surface area contributed by atoms with Gasteiger partial charge in [0.05, 0.1) is 6.61 Å². The Morgan fingerprint density at radius 2 is 2.00 bits per heavy atom. The summed E-state index contributed by atoms with van der Waals surface area (Å²) < 4.78 is 0. The van der Waals surface area contributed by atoms with E-state index in [9.17, 15) is 5.11 Å². The van der Waals surface area contributed by atoms with Crippen LogP contribution in [-0.4, -0.2) is 23.8 Å². The van der Waals surface area contributed by atoms with Gasteiger partial charge < -0.3 is 10.4 Å². The zero-order valence-electron chi connectivity index (χ0n) is 9.95. The number of aliphatic hydroxyl groups excluding tert-OH is 1. The Bertz CT molecular complexity index is 313. The van der Waals surface area contributed by atoms with Crippen molar-refractivity contribution in [2.75, 3.05) is 13.2 Å². The first-order valence-electron chi connectivity index (χ1n) is 6.17. The van der Waals surface area contributed by atoms with Crippen molar-refractivity contribution in [2.45, 2.75) is 37.6 Å². The first-order chi connectivity index (χ1) is 7.76. The van der Waals surface area contributed by atoms with E-state index in [0.29, 0.717) is 5.92 Å². The summed E-state index contributed by atoms with van der Waals surface area (Å²) in [6.07, 6.45) is 3.48. The van der Waals surface area contributed by atoms with Gasteiger partial charge in [-0.25, -0.2) is 0 Å². The molecule has 1 fully saturated rings. The predicted octanol–water partition coefficient (Wildman–Crippen LogP) is 2.29. The Hall–Kier alpha value is -0.860. The van der Waals surface area contributed by atoms with Crippen LogP contribution in [0.2, 0.25) is 0 Å². The SMILES string of the molecule is CC(CNC1(CO)CCC1)c1ccccc1. The lowest BCUT2D eigenvalue weighted by Gasteiger charge is -2.42. The molecule has 1 atom stereocenters. The smallest absolute Gasteiger partial charge is 0.0613 e. The highest BCUT2D eigenvalue weighted by atomic mass is 16.3. The maximum absolute atomic E-state index is 9.36. The van der Waals surface area contributed by atoms with E-state index in [1.54, 1.807) is 0 Å². The lowest BCUT2D eigenvalue weighted by Crippen LogP contribution is -2.54. The van der Waals surface area contributed by atoms with Crippen molar-refractivity contribution in [1.82, 2.24) is 5.32 Å². The van der Waals surface area contributed by atoms with E-state index in [0.717, 1.165) is 19.4 Å². The standard InChI is InChI=1S/C14H21NO/c1-12(13-6-3-2-4-7-13)10-15-14(11-16)8-5-9-14/h2-4,6-7,12,15-16H,5,8-11H2,1H3. The van der Waals surface area contributed by atoms with Gasteiger partial charge in [0.2, 0.25) is 0 Å². The summed E-state index contributed by atoms with van der Waals surface area (Å²) in [6, 6.07) is 10.5. The number of hydrogen-bond donors (Lipinski definition) is 2. The van der Waals surface area contributed by atoms with Crippen molar-refractivity contribution < 1.29 is 5.11 Å². The predicted molar refractivity (Wildman–Crippen MR) is 66.5 cm³/mol. The molecule has 0 heterocycles. The average Bonchev–Trinajstić information content (AvgIpc) is 2.29. The Balaban J connectivity index is 1.86. The molecule has 1 aromatic carbocycles. The number of benzene rings is 1. The van der Waals surface area contributed by atoms with Crippen molar-refractivity contribution in [1.29, 1.82) is 0 Å². The van der Waals surface area contributed by atoms with Crippen molar-refractivity contribution in [2.24, 2.45) is 0 Å². The molecule has 1 aromatic rings. The van der Waals surface area contributed by atoms with E-state index in [1.165, 1.54) is 12.0 Å². The van der Waals surface area contributed by atoms with Crippen molar-refractivity contribution in [3.05, 3.63) is 35.9 Å². The molecule has 2 nitrogen and oxygen atoms in total. The summed E-state index contributed by atoms with van der Waals surface area (Å²) >= 11 is 0. The van der Waals surface area contributed by atoms with Crippen LogP contribution in [0.15, 0.2) is 30.3 Å². The van der Waals surface area contributed by atoms with Gasteiger partial charge >= 0.3 is 0 Å². The van der Waals surface area contributed by atoms with Gasteiger partial charge in [-0.05, 0) is 30.7 Å². The second-order valence-corrected chi connectivity index (χ2v) is 4.98. The second kappa shape index (κ2) is 4.98. The van der Waals surface area contributed by atoms with Gasteiger partial charge in [0.25, 0.3) is 0 Å². The number of aliphatic hydroxyl groups is 1. The maximum Gasteiger partial charge on any atom is 0.0613 e. The van der Waals surface area contributed by atoms with Crippen LogP contribution in [0, 0.1) is 0 Å². The normalized spacial score (nSPS) is 20.1. The minimum absolute atomic E-state index is 0.0308. The molecule has 1 saturated carbocycles. The topological polar surface area (TPSA) is 32.3 Å². The van der Waals surface area contributed by atoms with Gasteiger partial charge in [-0.3, -0.25) is 0 Å². The third-order valence-electron chi connectivity index (χ3n) is 3.77. The van der Waals surface area contributed by atoms with E-state index < -0.39 is 0 Å². The molecule has 2 heteroatoms. The van der Waals surface area contributed by atoms with Crippen molar-refractivity contribution in [3.8, 4) is 0 Å². The summed E-state index contributed by atoms with van der Waals surface area (Å²) in [6.45, 7) is 3.45. The van der Waals surface area contributed by atoms with Crippen molar-refractivity contribution in [3.63, 3.8) is 0 Å². The van der Waals surface area contributed by atoms with Gasteiger partial charge in [0, 0.05) is 12.1 Å². The molecule has 2 rings (SSSR count). The molecule has 1 aliphatic rings. The molecular weight excluding hydrogens is 198 g/mol. The van der Waals surface area contributed by atoms with Crippen LogP contribution in [0.3, 0.4) is 0 Å². The Labute approximate surface area is 97.7 Å². The number of nitrogens with one attached hydrogen (secondary N) is 1. The molecule has 0 spiro atoms. The molecule has 1 aliphatic carbocycles. The summed E-state index contributed by atoms with van der Waals surface area (Å²) in [5.41, 5.74) is 1.39. The largest absolute Gasteiger partial charge is 0.394 e. The highest BCUT2D eigenvalue weighted by molar-refractivity contribution is 5.19. The van der Waals surface area contributed by atoms with Crippen LogP contribution in [0.25, 0.3) is 0 Å². The zero-order chi connectivity index (χ0) is 11.4. The fraction of sp³-hybridized carbons (Fsp3) is 0.571. The molecule has 16 heavy (non-hydrogen) atoms. The Morgan fingerprint density at radius 1 is 1.31 bits per heavy atom. The number of hydrogen-bond acceptors (Lipinski definition) is 2. The first kappa shape index (κ1) is 11.6. The summed E-state index contributed by atoms with van der Waals surface area (Å²) in [5.74, 6) is 0.505. The van der Waals surface area contributed by atoms with Gasteiger partial charge in [-0.15, -0.1) is 0 Å². The van der Waals surface area contributed by atoms with Crippen LogP contribution in [-0.2, 0) is 0 Å². The van der Waals surface area contributed by atoms with Crippen LogP contribution >= 0.6 is 0 Å². The minimum Gasteiger partial charge on any atom is -0.394 e. The minimum atomic E-state index is 0.0308. The highest BCUT2D eigenvalue weighted by Gasteiger charge is 2.35. The fourth-order valence-corrected chi connectivity index (χ4v) is 2.26. The van der Waals surface area contributed by atoms with E-state index >= 15 is 0 Å².